The second kappa shape index (κ2) is 7.29. The van der Waals surface area contributed by atoms with Crippen LogP contribution in [-0.4, -0.2) is 53.8 Å². The lowest BCUT2D eigenvalue weighted by Crippen LogP contribution is -2.53. The fourth-order valence-electron chi connectivity index (χ4n) is 5.57. The number of imide groups is 1. The van der Waals surface area contributed by atoms with Gasteiger partial charge in [-0.3, -0.25) is 29.4 Å². The molecule has 4 aliphatic rings. The number of hydrogen-bond donors (Lipinski definition) is 3. The first kappa shape index (κ1) is 20.4. The highest BCUT2D eigenvalue weighted by atomic mass is 35.5. The Labute approximate surface area is 183 Å². The number of carbonyl (C=O) groups is 4. The molecule has 9 nitrogen and oxygen atoms in total. The van der Waals surface area contributed by atoms with E-state index in [0.717, 1.165) is 12.8 Å². The molecule has 1 spiro atoms. The topological polar surface area (TPSA) is 131 Å². The van der Waals surface area contributed by atoms with Crippen LogP contribution in [0.25, 0.3) is 0 Å². The van der Waals surface area contributed by atoms with Crippen molar-refractivity contribution >= 4 is 40.9 Å². The van der Waals surface area contributed by atoms with Crippen LogP contribution < -0.4 is 16.4 Å². The summed E-state index contributed by atoms with van der Waals surface area (Å²) in [4.78, 5) is 52.9. The molecule has 3 fully saturated rings. The van der Waals surface area contributed by atoms with Crippen molar-refractivity contribution in [1.82, 2.24) is 10.2 Å². The largest absolute Gasteiger partial charge is 0.376 e. The molecule has 5 unspecified atom stereocenters. The average Bonchev–Trinajstić information content (AvgIpc) is 3.47. The minimum absolute atomic E-state index is 0.0359. The van der Waals surface area contributed by atoms with Gasteiger partial charge in [0.15, 0.2) is 0 Å². The lowest BCUT2D eigenvalue weighted by Gasteiger charge is -2.30. The Bertz CT molecular complexity index is 994. The maximum atomic E-state index is 13.6. The van der Waals surface area contributed by atoms with E-state index in [1.54, 1.807) is 18.2 Å². The van der Waals surface area contributed by atoms with Crippen LogP contribution in [0.5, 0.6) is 0 Å². The van der Waals surface area contributed by atoms with Crippen molar-refractivity contribution in [3.63, 3.8) is 0 Å². The lowest BCUT2D eigenvalue weighted by atomic mass is 9.76. The van der Waals surface area contributed by atoms with Crippen molar-refractivity contribution in [2.75, 3.05) is 18.5 Å². The average molecular weight is 447 g/mol. The van der Waals surface area contributed by atoms with Crippen molar-refractivity contribution in [2.24, 2.45) is 17.6 Å². The highest BCUT2D eigenvalue weighted by Crippen LogP contribution is 2.54. The van der Waals surface area contributed by atoms with Crippen LogP contribution in [0.15, 0.2) is 18.2 Å². The van der Waals surface area contributed by atoms with Gasteiger partial charge >= 0.3 is 0 Å². The van der Waals surface area contributed by atoms with Crippen LogP contribution >= 0.6 is 11.6 Å². The third kappa shape index (κ3) is 2.90. The molecular formula is C21H23ClN4O5. The number of anilines is 1. The van der Waals surface area contributed by atoms with Gasteiger partial charge in [-0.1, -0.05) is 23.7 Å². The van der Waals surface area contributed by atoms with Crippen LogP contribution in [0.4, 0.5) is 5.69 Å². The number of halogens is 1. The van der Waals surface area contributed by atoms with E-state index in [1.165, 1.54) is 4.90 Å². The Morgan fingerprint density at radius 2 is 2.10 bits per heavy atom. The fraction of sp³-hybridized carbons (Fsp3) is 0.524. The van der Waals surface area contributed by atoms with Crippen molar-refractivity contribution in [1.29, 1.82) is 0 Å². The molecule has 31 heavy (non-hydrogen) atoms. The lowest BCUT2D eigenvalue weighted by molar-refractivity contribution is -0.144. The summed E-state index contributed by atoms with van der Waals surface area (Å²) in [7, 11) is 0. The number of nitrogens with zero attached hydrogens (tertiary/aromatic N) is 1. The summed E-state index contributed by atoms with van der Waals surface area (Å²) in [6.07, 6.45) is 1.75. The van der Waals surface area contributed by atoms with Gasteiger partial charge in [-0.25, -0.2) is 0 Å². The second-order valence-electron chi connectivity index (χ2n) is 8.61. The summed E-state index contributed by atoms with van der Waals surface area (Å²) >= 11 is 6.30. The standard InChI is InChI=1S/C21H23ClN4O5/c22-12-5-1-4-11-17(12)24-20(30)21(11)16-15(13(25-21)6-7-14(23)27)18(28)26(19(16)29)9-10-3-2-8-31-10/h1,4-5,10,13,15-16,25H,2-3,6-9H2,(H2,23,27)(H,24,30). The number of ether oxygens (including phenoxy) is 1. The van der Waals surface area contributed by atoms with E-state index >= 15 is 0 Å². The minimum atomic E-state index is -1.43. The van der Waals surface area contributed by atoms with Crippen LogP contribution in [0.2, 0.25) is 5.02 Å². The Morgan fingerprint density at radius 1 is 1.29 bits per heavy atom. The van der Waals surface area contributed by atoms with Gasteiger partial charge < -0.3 is 15.8 Å². The highest BCUT2D eigenvalue weighted by Gasteiger charge is 2.70. The fourth-order valence-corrected chi connectivity index (χ4v) is 5.79. The summed E-state index contributed by atoms with van der Waals surface area (Å²) in [6, 6.07) is 4.55. The molecule has 4 aliphatic heterocycles. The second-order valence-corrected chi connectivity index (χ2v) is 9.01. The van der Waals surface area contributed by atoms with Crippen molar-refractivity contribution in [2.45, 2.75) is 43.4 Å². The first-order valence-corrected chi connectivity index (χ1v) is 10.9. The minimum Gasteiger partial charge on any atom is -0.376 e. The number of rotatable bonds is 5. The number of hydrogen-bond acceptors (Lipinski definition) is 6. The quantitative estimate of drug-likeness (QED) is 0.565. The molecule has 0 bridgehead atoms. The van der Waals surface area contributed by atoms with Gasteiger partial charge in [0.1, 0.15) is 5.54 Å². The van der Waals surface area contributed by atoms with Crippen molar-refractivity contribution < 1.29 is 23.9 Å². The molecule has 5 rings (SSSR count). The Morgan fingerprint density at radius 3 is 2.81 bits per heavy atom. The van der Waals surface area contributed by atoms with Gasteiger partial charge in [0.25, 0.3) is 0 Å². The van der Waals surface area contributed by atoms with Crippen LogP contribution in [0.3, 0.4) is 0 Å². The molecule has 4 heterocycles. The maximum Gasteiger partial charge on any atom is 0.250 e. The first-order chi connectivity index (χ1) is 14.8. The van der Waals surface area contributed by atoms with Crippen molar-refractivity contribution in [3.8, 4) is 0 Å². The third-order valence-corrected chi connectivity index (χ3v) is 7.22. The number of carbonyl (C=O) groups excluding carboxylic acids is 4. The summed E-state index contributed by atoms with van der Waals surface area (Å²) in [5.41, 5.74) is 4.89. The molecule has 3 saturated heterocycles. The molecule has 1 aromatic rings. The number of para-hydroxylation sites is 1. The Kier molecular flexibility index (Phi) is 4.80. The summed E-state index contributed by atoms with van der Waals surface area (Å²) in [6.45, 7) is 0.780. The van der Waals surface area contributed by atoms with Crippen LogP contribution in [0.1, 0.15) is 31.2 Å². The normalized spacial score (nSPS) is 33.8. The van der Waals surface area contributed by atoms with Gasteiger partial charge in [-0.15, -0.1) is 0 Å². The van der Waals surface area contributed by atoms with E-state index < -0.39 is 41.1 Å². The summed E-state index contributed by atoms with van der Waals surface area (Å²) < 4.78 is 5.63. The number of likely N-dealkylation sites (tertiary alicyclic amines) is 1. The van der Waals surface area contributed by atoms with Gasteiger partial charge in [-0.2, -0.15) is 0 Å². The predicted octanol–water partition coefficient (Wildman–Crippen LogP) is 0.505. The number of amides is 4. The first-order valence-electron chi connectivity index (χ1n) is 10.5. The molecule has 164 valence electrons. The number of benzene rings is 1. The smallest absolute Gasteiger partial charge is 0.250 e. The molecular weight excluding hydrogens is 424 g/mol. The number of fused-ring (bicyclic) bond motifs is 4. The number of primary amides is 1. The van der Waals surface area contributed by atoms with Gasteiger partial charge in [0.05, 0.1) is 35.2 Å². The van der Waals surface area contributed by atoms with E-state index in [4.69, 9.17) is 22.1 Å². The number of nitrogens with two attached hydrogens (primary N) is 1. The SMILES string of the molecule is NC(=O)CCC1NC2(C(=O)Nc3c(Cl)cccc32)C2C(=O)N(CC3CCCO3)C(=O)C12. The number of nitrogens with one attached hydrogen (secondary N) is 2. The highest BCUT2D eigenvalue weighted by molar-refractivity contribution is 6.35. The summed E-state index contributed by atoms with van der Waals surface area (Å²) in [5.74, 6) is -3.38. The van der Waals surface area contributed by atoms with Gasteiger partial charge in [0, 0.05) is 24.6 Å². The Balaban J connectivity index is 1.57. The molecule has 4 N–H and O–H groups in total. The zero-order valence-electron chi connectivity index (χ0n) is 16.7. The molecule has 0 aromatic heterocycles. The van der Waals surface area contributed by atoms with E-state index in [2.05, 4.69) is 10.6 Å². The van der Waals surface area contributed by atoms with E-state index in [1.807, 2.05) is 0 Å². The zero-order chi connectivity index (χ0) is 21.9. The third-order valence-electron chi connectivity index (χ3n) is 6.90. The van der Waals surface area contributed by atoms with Gasteiger partial charge in [-0.05, 0) is 25.3 Å². The Hall–Kier alpha value is -2.49. The maximum absolute atomic E-state index is 13.6. The predicted molar refractivity (Wildman–Crippen MR) is 110 cm³/mol. The van der Waals surface area contributed by atoms with Crippen LogP contribution in [-0.2, 0) is 29.5 Å². The molecule has 0 saturated carbocycles. The van der Waals surface area contributed by atoms with Gasteiger partial charge in [0.2, 0.25) is 23.6 Å². The van der Waals surface area contributed by atoms with Crippen molar-refractivity contribution in [3.05, 3.63) is 28.8 Å². The molecule has 0 aliphatic carbocycles. The molecule has 0 radical (unpaired) electrons. The molecule has 1 aromatic carbocycles. The monoisotopic (exact) mass is 446 g/mol. The molecule has 4 amide bonds. The van der Waals surface area contributed by atoms with E-state index in [-0.39, 0.29) is 31.4 Å². The van der Waals surface area contributed by atoms with Crippen LogP contribution in [0, 0.1) is 11.8 Å². The molecule has 10 heteroatoms. The van der Waals surface area contributed by atoms with E-state index in [9.17, 15) is 19.2 Å². The molecule has 5 atom stereocenters. The van der Waals surface area contributed by atoms with E-state index in [0.29, 0.717) is 22.9 Å². The zero-order valence-corrected chi connectivity index (χ0v) is 17.5. The summed E-state index contributed by atoms with van der Waals surface area (Å²) in [5, 5.41) is 6.40.